The van der Waals surface area contributed by atoms with Gasteiger partial charge in [-0.2, -0.15) is 0 Å². The van der Waals surface area contributed by atoms with Crippen LogP contribution in [0.2, 0.25) is 0 Å². The molecule has 11 heavy (non-hydrogen) atoms. The van der Waals surface area contributed by atoms with Gasteiger partial charge in [0.2, 0.25) is 0 Å². The van der Waals surface area contributed by atoms with Crippen molar-refractivity contribution >= 4 is 5.84 Å². The smallest absolute Gasteiger partial charge is 0.122 e. The zero-order valence-electron chi connectivity index (χ0n) is 6.81. The number of allylic oxidation sites excluding steroid dienone is 2. The van der Waals surface area contributed by atoms with E-state index in [1.165, 1.54) is 0 Å². The Hall–Kier alpha value is -1.49. The molecule has 0 aromatic rings. The van der Waals surface area contributed by atoms with Gasteiger partial charge in [0.05, 0.1) is 0 Å². The number of nitrogens with two attached hydrogens (primary N) is 1. The molecule has 0 saturated heterocycles. The molecule has 0 saturated carbocycles. The van der Waals surface area contributed by atoms with E-state index >= 15 is 0 Å². The number of nitrogens with one attached hydrogen (secondary N) is 1. The summed E-state index contributed by atoms with van der Waals surface area (Å²) in [4.78, 5) is 0. The standard InChI is InChI=1S/C9H12N2/c1-3-5-6-7-8(4-2)9(10)11/h4,6-7H,1-2H3,(H3,10,11)/b7-6-,8-4+. The second kappa shape index (κ2) is 5.31. The average Bonchev–Trinajstić information content (AvgIpc) is 1.97. The fraction of sp³-hybridized carbons (Fsp3) is 0.222. The van der Waals surface area contributed by atoms with Gasteiger partial charge in [-0.1, -0.05) is 12.0 Å². The highest BCUT2D eigenvalue weighted by atomic mass is 14.7. The molecule has 0 bridgehead atoms. The largest absolute Gasteiger partial charge is 0.384 e. The molecule has 0 aliphatic carbocycles. The molecule has 0 unspecified atom stereocenters. The van der Waals surface area contributed by atoms with Crippen LogP contribution in [0.15, 0.2) is 23.8 Å². The monoisotopic (exact) mass is 148 g/mol. The third-order valence-corrected chi connectivity index (χ3v) is 1.11. The van der Waals surface area contributed by atoms with Crippen molar-refractivity contribution in [2.45, 2.75) is 13.8 Å². The van der Waals surface area contributed by atoms with Crippen molar-refractivity contribution in [3.8, 4) is 11.8 Å². The Labute approximate surface area is 67.3 Å². The molecule has 0 atom stereocenters. The van der Waals surface area contributed by atoms with Gasteiger partial charge < -0.3 is 5.73 Å². The van der Waals surface area contributed by atoms with Crippen LogP contribution in [0.3, 0.4) is 0 Å². The minimum absolute atomic E-state index is 0.0710. The summed E-state index contributed by atoms with van der Waals surface area (Å²) in [6.07, 6.45) is 5.17. The van der Waals surface area contributed by atoms with Crippen LogP contribution in [0.1, 0.15) is 13.8 Å². The maximum Gasteiger partial charge on any atom is 0.122 e. The lowest BCUT2D eigenvalue weighted by molar-refractivity contribution is 1.42. The summed E-state index contributed by atoms with van der Waals surface area (Å²) in [6, 6.07) is 0. The zero-order chi connectivity index (χ0) is 8.69. The van der Waals surface area contributed by atoms with Gasteiger partial charge in [0.25, 0.3) is 0 Å². The van der Waals surface area contributed by atoms with E-state index < -0.39 is 0 Å². The van der Waals surface area contributed by atoms with Crippen LogP contribution in [-0.2, 0) is 0 Å². The SMILES string of the molecule is CC#C/C=C\C(=C/C)C(=N)N. The lowest BCUT2D eigenvalue weighted by Gasteiger charge is -1.93. The molecule has 0 aromatic carbocycles. The normalized spacial score (nSPS) is 10.9. The number of hydrogen-bond acceptors (Lipinski definition) is 1. The quantitative estimate of drug-likeness (QED) is 0.265. The van der Waals surface area contributed by atoms with E-state index in [9.17, 15) is 0 Å². The summed E-state index contributed by atoms with van der Waals surface area (Å²) < 4.78 is 0. The van der Waals surface area contributed by atoms with E-state index in [1.54, 1.807) is 25.2 Å². The van der Waals surface area contributed by atoms with Crippen LogP contribution in [-0.4, -0.2) is 5.84 Å². The average molecular weight is 148 g/mol. The number of amidine groups is 1. The summed E-state index contributed by atoms with van der Waals surface area (Å²) in [5.41, 5.74) is 5.95. The Morgan fingerprint density at radius 2 is 2.18 bits per heavy atom. The van der Waals surface area contributed by atoms with Gasteiger partial charge in [0.1, 0.15) is 5.84 Å². The van der Waals surface area contributed by atoms with Crippen LogP contribution in [0.4, 0.5) is 0 Å². The van der Waals surface area contributed by atoms with Crippen molar-refractivity contribution in [1.82, 2.24) is 0 Å². The Bertz CT molecular complexity index is 248. The van der Waals surface area contributed by atoms with Gasteiger partial charge >= 0.3 is 0 Å². The molecule has 0 aliphatic rings. The van der Waals surface area contributed by atoms with E-state index in [0.29, 0.717) is 5.57 Å². The van der Waals surface area contributed by atoms with Crippen molar-refractivity contribution in [1.29, 1.82) is 5.41 Å². The van der Waals surface area contributed by atoms with Crippen LogP contribution in [0.25, 0.3) is 0 Å². The van der Waals surface area contributed by atoms with Crippen molar-refractivity contribution in [3.05, 3.63) is 23.8 Å². The highest BCUT2D eigenvalue weighted by Gasteiger charge is 1.90. The lowest BCUT2D eigenvalue weighted by Crippen LogP contribution is -2.10. The first-order valence-corrected chi connectivity index (χ1v) is 3.32. The minimum Gasteiger partial charge on any atom is -0.384 e. The summed E-state index contributed by atoms with van der Waals surface area (Å²) >= 11 is 0. The first-order valence-electron chi connectivity index (χ1n) is 3.32. The van der Waals surface area contributed by atoms with Crippen molar-refractivity contribution in [3.63, 3.8) is 0 Å². The number of hydrogen-bond donors (Lipinski definition) is 2. The Morgan fingerprint density at radius 1 is 1.55 bits per heavy atom. The molecule has 0 aliphatic heterocycles. The van der Waals surface area contributed by atoms with Crippen molar-refractivity contribution in [2.24, 2.45) is 5.73 Å². The highest BCUT2D eigenvalue weighted by Crippen LogP contribution is 1.94. The Balaban J connectivity index is 4.30. The zero-order valence-corrected chi connectivity index (χ0v) is 6.81. The van der Waals surface area contributed by atoms with Gasteiger partial charge in [0, 0.05) is 5.57 Å². The van der Waals surface area contributed by atoms with E-state index in [4.69, 9.17) is 11.1 Å². The molecular formula is C9H12N2. The molecule has 0 amide bonds. The predicted molar refractivity (Wildman–Crippen MR) is 48.3 cm³/mol. The second-order valence-corrected chi connectivity index (χ2v) is 1.89. The lowest BCUT2D eigenvalue weighted by atomic mass is 10.2. The van der Waals surface area contributed by atoms with Crippen LogP contribution in [0, 0.1) is 17.3 Å². The highest BCUT2D eigenvalue weighted by molar-refractivity contribution is 5.97. The molecule has 2 heteroatoms. The van der Waals surface area contributed by atoms with E-state index in [-0.39, 0.29) is 5.84 Å². The molecule has 0 heterocycles. The number of rotatable bonds is 2. The van der Waals surface area contributed by atoms with Crippen molar-refractivity contribution in [2.75, 3.05) is 0 Å². The van der Waals surface area contributed by atoms with E-state index in [2.05, 4.69) is 11.8 Å². The molecule has 0 fully saturated rings. The predicted octanol–water partition coefficient (Wildman–Crippen LogP) is 1.45. The van der Waals surface area contributed by atoms with Crippen molar-refractivity contribution < 1.29 is 0 Å². The minimum atomic E-state index is 0.0710. The van der Waals surface area contributed by atoms with E-state index in [0.717, 1.165) is 0 Å². The Morgan fingerprint density at radius 3 is 2.55 bits per heavy atom. The first-order chi connectivity index (χ1) is 5.22. The fourth-order valence-electron chi connectivity index (χ4n) is 0.556. The third-order valence-electron chi connectivity index (χ3n) is 1.11. The molecule has 0 rings (SSSR count). The first kappa shape index (κ1) is 9.51. The summed E-state index contributed by atoms with van der Waals surface area (Å²) in [5.74, 6) is 5.53. The molecule has 0 spiro atoms. The molecule has 58 valence electrons. The summed E-state index contributed by atoms with van der Waals surface area (Å²) in [6.45, 7) is 3.59. The second-order valence-electron chi connectivity index (χ2n) is 1.89. The summed E-state index contributed by atoms with van der Waals surface area (Å²) in [7, 11) is 0. The van der Waals surface area contributed by atoms with Gasteiger partial charge in [-0.25, -0.2) is 0 Å². The molecule has 0 aromatic heterocycles. The topological polar surface area (TPSA) is 49.9 Å². The third kappa shape index (κ3) is 3.99. The van der Waals surface area contributed by atoms with Gasteiger partial charge in [-0.05, 0) is 26.0 Å². The van der Waals surface area contributed by atoms with Crippen LogP contribution < -0.4 is 5.73 Å². The molecule has 3 N–H and O–H groups in total. The van der Waals surface area contributed by atoms with Crippen LogP contribution in [0.5, 0.6) is 0 Å². The van der Waals surface area contributed by atoms with Gasteiger partial charge in [-0.15, -0.1) is 5.92 Å². The van der Waals surface area contributed by atoms with Gasteiger partial charge in [-0.3, -0.25) is 5.41 Å². The Kier molecular flexibility index (Phi) is 4.59. The molecule has 2 nitrogen and oxygen atoms in total. The molecule has 0 radical (unpaired) electrons. The maximum atomic E-state index is 7.10. The molecular weight excluding hydrogens is 136 g/mol. The fourth-order valence-corrected chi connectivity index (χ4v) is 0.556. The van der Waals surface area contributed by atoms with E-state index in [1.807, 2.05) is 6.92 Å². The summed E-state index contributed by atoms with van der Waals surface area (Å²) in [5, 5.41) is 7.10. The maximum absolute atomic E-state index is 7.10. The van der Waals surface area contributed by atoms with Crippen LogP contribution >= 0.6 is 0 Å². The van der Waals surface area contributed by atoms with Gasteiger partial charge in [0.15, 0.2) is 0 Å².